The minimum atomic E-state index is -1.00. The molecule has 1 aromatic carbocycles. The van der Waals surface area contributed by atoms with Gasteiger partial charge in [-0.1, -0.05) is 0 Å². The Kier molecular flexibility index (Phi) is 6.08. The van der Waals surface area contributed by atoms with E-state index in [4.69, 9.17) is 9.47 Å². The van der Waals surface area contributed by atoms with E-state index >= 15 is 0 Å². The Labute approximate surface area is 161 Å². The molecular formula is C19H22N2O5S. The summed E-state index contributed by atoms with van der Waals surface area (Å²) in [7, 11) is 1.53. The molecule has 2 heterocycles. The van der Waals surface area contributed by atoms with Gasteiger partial charge in [0.1, 0.15) is 16.8 Å². The zero-order valence-corrected chi connectivity index (χ0v) is 16.1. The second kappa shape index (κ2) is 8.49. The van der Waals surface area contributed by atoms with Gasteiger partial charge in [0.15, 0.2) is 0 Å². The van der Waals surface area contributed by atoms with E-state index < -0.39 is 12.0 Å². The Bertz CT molecular complexity index is 805. The molecule has 0 radical (unpaired) electrons. The number of amides is 1. The molecule has 2 atom stereocenters. The predicted octanol–water partition coefficient (Wildman–Crippen LogP) is 2.45. The molecule has 0 spiro atoms. The van der Waals surface area contributed by atoms with Crippen molar-refractivity contribution in [1.29, 1.82) is 0 Å². The number of nitrogens with zero attached hydrogens (tertiary/aromatic N) is 2. The van der Waals surface area contributed by atoms with Crippen LogP contribution in [0.25, 0.3) is 10.6 Å². The first-order chi connectivity index (χ1) is 13.0. The number of aliphatic carboxylic acids is 1. The first-order valence-electron chi connectivity index (χ1n) is 8.74. The number of carboxylic acids is 1. The van der Waals surface area contributed by atoms with Crippen molar-refractivity contribution in [1.82, 2.24) is 9.88 Å². The summed E-state index contributed by atoms with van der Waals surface area (Å²) in [6.07, 6.45) is 0.143. The van der Waals surface area contributed by atoms with E-state index in [0.29, 0.717) is 25.3 Å². The first-order valence-corrected chi connectivity index (χ1v) is 9.62. The lowest BCUT2D eigenvalue weighted by Crippen LogP contribution is -2.41. The van der Waals surface area contributed by atoms with Gasteiger partial charge in [-0.3, -0.25) is 4.79 Å². The summed E-state index contributed by atoms with van der Waals surface area (Å²) >= 11 is 1.45. The predicted molar refractivity (Wildman–Crippen MR) is 101 cm³/mol. The molecule has 0 aliphatic carbocycles. The number of likely N-dealkylation sites (tertiary alicyclic amines) is 1. The minimum Gasteiger partial charge on any atom is -0.494 e. The van der Waals surface area contributed by atoms with Crippen LogP contribution < -0.4 is 4.74 Å². The van der Waals surface area contributed by atoms with Gasteiger partial charge < -0.3 is 19.5 Å². The number of aromatic nitrogens is 1. The molecule has 1 aromatic heterocycles. The smallest absolute Gasteiger partial charge is 0.326 e. The highest BCUT2D eigenvalue weighted by Gasteiger charge is 2.39. The Morgan fingerprint density at radius 2 is 2.07 bits per heavy atom. The summed E-state index contributed by atoms with van der Waals surface area (Å²) in [5.74, 6) is -0.448. The molecule has 27 heavy (non-hydrogen) atoms. The second-order valence-corrected chi connectivity index (χ2v) is 7.13. The van der Waals surface area contributed by atoms with Crippen molar-refractivity contribution >= 4 is 23.2 Å². The Morgan fingerprint density at radius 3 is 2.70 bits per heavy atom. The highest BCUT2D eigenvalue weighted by molar-refractivity contribution is 7.13. The first kappa shape index (κ1) is 19.3. The highest BCUT2D eigenvalue weighted by atomic mass is 32.1. The van der Waals surface area contributed by atoms with Crippen molar-refractivity contribution in [2.75, 3.05) is 20.3 Å². The van der Waals surface area contributed by atoms with Gasteiger partial charge in [-0.2, -0.15) is 0 Å². The van der Waals surface area contributed by atoms with Crippen LogP contribution in [-0.4, -0.2) is 59.3 Å². The molecule has 3 rings (SSSR count). The van der Waals surface area contributed by atoms with E-state index in [1.807, 2.05) is 36.6 Å². The Balaban J connectivity index is 1.68. The molecular weight excluding hydrogens is 368 g/mol. The van der Waals surface area contributed by atoms with Gasteiger partial charge in [0.25, 0.3) is 0 Å². The number of carbonyl (C=O) groups excluding carboxylic acids is 1. The van der Waals surface area contributed by atoms with Gasteiger partial charge in [-0.15, -0.1) is 11.3 Å². The van der Waals surface area contributed by atoms with Crippen LogP contribution in [0.5, 0.6) is 5.75 Å². The third-order valence-electron chi connectivity index (χ3n) is 4.50. The quantitative estimate of drug-likeness (QED) is 0.781. The summed E-state index contributed by atoms with van der Waals surface area (Å²) < 4.78 is 10.7. The van der Waals surface area contributed by atoms with E-state index in [2.05, 4.69) is 4.98 Å². The van der Waals surface area contributed by atoms with Gasteiger partial charge in [0, 0.05) is 31.0 Å². The Hall–Kier alpha value is -2.45. The Morgan fingerprint density at radius 1 is 1.33 bits per heavy atom. The molecule has 0 bridgehead atoms. The lowest BCUT2D eigenvalue weighted by molar-refractivity contribution is -0.148. The van der Waals surface area contributed by atoms with Crippen molar-refractivity contribution in [3.63, 3.8) is 0 Å². The van der Waals surface area contributed by atoms with Crippen LogP contribution in [0.2, 0.25) is 0 Å². The van der Waals surface area contributed by atoms with Gasteiger partial charge in [0.05, 0.1) is 24.8 Å². The molecule has 2 unspecified atom stereocenters. The fourth-order valence-electron chi connectivity index (χ4n) is 3.12. The maximum absolute atomic E-state index is 12.6. The molecule has 1 amide bonds. The van der Waals surface area contributed by atoms with E-state index in [9.17, 15) is 14.7 Å². The fraction of sp³-hybridized carbons (Fsp3) is 0.421. The van der Waals surface area contributed by atoms with Crippen LogP contribution in [0, 0.1) is 0 Å². The molecule has 0 saturated carbocycles. The molecule has 144 valence electrons. The van der Waals surface area contributed by atoms with Crippen molar-refractivity contribution in [3.8, 4) is 16.3 Å². The second-order valence-electron chi connectivity index (χ2n) is 6.27. The van der Waals surface area contributed by atoms with Crippen LogP contribution in [0.1, 0.15) is 19.0 Å². The van der Waals surface area contributed by atoms with Crippen LogP contribution in [0.3, 0.4) is 0 Å². The number of rotatable bonds is 7. The zero-order valence-electron chi connectivity index (χ0n) is 15.3. The van der Waals surface area contributed by atoms with E-state index in [1.54, 1.807) is 0 Å². The maximum Gasteiger partial charge on any atom is 0.326 e. The number of thiazole rings is 1. The standard InChI is InChI=1S/C19H22N2O5S/c1-3-26-14-6-4-12(5-7-14)18-20-13(11-27-18)8-17(22)21-10-15(25-2)9-16(21)19(23)24/h4-7,11,15-16H,3,8-10H2,1-2H3,(H,23,24). The van der Waals surface area contributed by atoms with Crippen molar-refractivity contribution in [3.05, 3.63) is 35.3 Å². The molecule has 1 fully saturated rings. The molecule has 8 heteroatoms. The number of benzene rings is 1. The number of ether oxygens (including phenoxy) is 2. The van der Waals surface area contributed by atoms with E-state index in [1.165, 1.54) is 23.3 Å². The normalized spacial score (nSPS) is 19.3. The summed E-state index contributed by atoms with van der Waals surface area (Å²) in [5, 5.41) is 12.0. The van der Waals surface area contributed by atoms with Crippen LogP contribution in [0.4, 0.5) is 0 Å². The number of hydrogen-bond donors (Lipinski definition) is 1. The molecule has 7 nitrogen and oxygen atoms in total. The summed E-state index contributed by atoms with van der Waals surface area (Å²) in [4.78, 5) is 29.9. The highest BCUT2D eigenvalue weighted by Crippen LogP contribution is 2.27. The maximum atomic E-state index is 12.6. The lowest BCUT2D eigenvalue weighted by atomic mass is 10.2. The van der Waals surface area contributed by atoms with Crippen molar-refractivity contribution in [2.45, 2.75) is 31.9 Å². The SMILES string of the molecule is CCOc1ccc(-c2nc(CC(=O)N3CC(OC)CC3C(=O)O)cs2)cc1. The molecule has 2 aromatic rings. The lowest BCUT2D eigenvalue weighted by Gasteiger charge is -2.20. The largest absolute Gasteiger partial charge is 0.494 e. The zero-order chi connectivity index (χ0) is 19.4. The summed E-state index contributed by atoms with van der Waals surface area (Å²) in [6.45, 7) is 2.84. The van der Waals surface area contributed by atoms with Crippen LogP contribution in [-0.2, 0) is 20.7 Å². The van der Waals surface area contributed by atoms with Crippen molar-refractivity contribution < 1.29 is 24.2 Å². The molecule has 1 aliphatic rings. The van der Waals surface area contributed by atoms with Crippen LogP contribution >= 0.6 is 11.3 Å². The van der Waals surface area contributed by atoms with E-state index in [-0.39, 0.29) is 18.4 Å². The third kappa shape index (κ3) is 4.45. The number of hydrogen-bond acceptors (Lipinski definition) is 6. The third-order valence-corrected chi connectivity index (χ3v) is 5.44. The summed E-state index contributed by atoms with van der Waals surface area (Å²) in [6, 6.07) is 6.79. The van der Waals surface area contributed by atoms with E-state index in [0.717, 1.165) is 16.3 Å². The number of carbonyl (C=O) groups is 2. The average molecular weight is 390 g/mol. The van der Waals surface area contributed by atoms with Crippen molar-refractivity contribution in [2.24, 2.45) is 0 Å². The number of carboxylic acid groups (broad SMARTS) is 1. The monoisotopic (exact) mass is 390 g/mol. The molecule has 1 aliphatic heterocycles. The van der Waals surface area contributed by atoms with Gasteiger partial charge >= 0.3 is 5.97 Å². The van der Waals surface area contributed by atoms with Gasteiger partial charge in [0.2, 0.25) is 5.91 Å². The van der Waals surface area contributed by atoms with Gasteiger partial charge in [-0.25, -0.2) is 9.78 Å². The average Bonchev–Trinajstić information content (AvgIpc) is 3.29. The number of methoxy groups -OCH3 is 1. The molecule has 1 saturated heterocycles. The summed E-state index contributed by atoms with van der Waals surface area (Å²) in [5.41, 5.74) is 1.59. The van der Waals surface area contributed by atoms with Crippen LogP contribution in [0.15, 0.2) is 29.6 Å². The molecule has 1 N–H and O–H groups in total. The topological polar surface area (TPSA) is 89.0 Å². The van der Waals surface area contributed by atoms with Gasteiger partial charge in [-0.05, 0) is 31.2 Å². The fourth-order valence-corrected chi connectivity index (χ4v) is 3.94. The minimum absolute atomic E-state index is 0.0771.